The molecule has 6 rings (SSSR count). The number of allylic oxidation sites excluding steroid dienone is 2. The van der Waals surface area contributed by atoms with Gasteiger partial charge in [0, 0.05) is 36.7 Å². The van der Waals surface area contributed by atoms with Crippen molar-refractivity contribution in [3.63, 3.8) is 0 Å². The first kappa shape index (κ1) is 20.4. The Kier molecular flexibility index (Phi) is 4.95. The molecule has 0 unspecified atom stereocenters. The van der Waals surface area contributed by atoms with Gasteiger partial charge in [0.05, 0.1) is 5.69 Å². The zero-order chi connectivity index (χ0) is 23.1. The highest BCUT2D eigenvalue weighted by Gasteiger charge is 2.28. The fourth-order valence-electron chi connectivity index (χ4n) is 4.50. The van der Waals surface area contributed by atoms with Crippen molar-refractivity contribution in [3.8, 4) is 5.88 Å². The van der Waals surface area contributed by atoms with Crippen LogP contribution in [-0.2, 0) is 19.6 Å². The second kappa shape index (κ2) is 8.26. The number of para-hydroxylation sites is 1. The minimum atomic E-state index is -0.312. The van der Waals surface area contributed by atoms with Crippen LogP contribution in [0.15, 0.2) is 79.1 Å². The molecule has 2 aliphatic rings. The van der Waals surface area contributed by atoms with Crippen molar-refractivity contribution in [1.29, 1.82) is 0 Å². The third-order valence-corrected chi connectivity index (χ3v) is 6.25. The molecule has 0 spiro atoms. The number of carbonyl (C=O) groups excluding carboxylic acids is 1. The van der Waals surface area contributed by atoms with E-state index in [-0.39, 0.29) is 24.1 Å². The summed E-state index contributed by atoms with van der Waals surface area (Å²) >= 11 is 0. The van der Waals surface area contributed by atoms with Crippen molar-refractivity contribution < 1.29 is 13.9 Å². The molecule has 0 N–H and O–H groups in total. The summed E-state index contributed by atoms with van der Waals surface area (Å²) in [4.78, 5) is 24.8. The lowest BCUT2D eigenvalue weighted by atomic mass is 10.0. The Morgan fingerprint density at radius 3 is 2.79 bits per heavy atom. The lowest BCUT2D eigenvalue weighted by Gasteiger charge is -2.19. The number of ketones is 1. The molecule has 34 heavy (non-hydrogen) atoms. The van der Waals surface area contributed by atoms with E-state index in [1.54, 1.807) is 18.3 Å². The van der Waals surface area contributed by atoms with Crippen LogP contribution in [0, 0.1) is 5.82 Å². The summed E-state index contributed by atoms with van der Waals surface area (Å²) in [6.07, 6.45) is 6.31. The number of aromatic nitrogens is 3. The number of anilines is 2. The van der Waals surface area contributed by atoms with Crippen LogP contribution in [0.3, 0.4) is 0 Å². The molecular weight excluding hydrogens is 431 g/mol. The van der Waals surface area contributed by atoms with Gasteiger partial charge in [-0.05, 0) is 47.9 Å². The van der Waals surface area contributed by atoms with Crippen molar-refractivity contribution in [2.75, 3.05) is 11.4 Å². The van der Waals surface area contributed by atoms with Gasteiger partial charge in [0.25, 0.3) is 0 Å². The SMILES string of the molecule is O=C(C1=CCn2cccc21)c1cnc(N2CCc3ccccc32)nc1OCc1ccc(F)cc1. The highest BCUT2D eigenvalue weighted by Crippen LogP contribution is 2.35. The van der Waals surface area contributed by atoms with Crippen molar-refractivity contribution in [2.45, 2.75) is 19.6 Å². The topological polar surface area (TPSA) is 60.2 Å². The number of halogens is 1. The Balaban J connectivity index is 1.36. The predicted octanol–water partition coefficient (Wildman–Crippen LogP) is 4.97. The minimum Gasteiger partial charge on any atom is -0.472 e. The van der Waals surface area contributed by atoms with Gasteiger partial charge >= 0.3 is 0 Å². The molecule has 0 fully saturated rings. The molecule has 4 aromatic rings. The normalized spacial score (nSPS) is 14.0. The monoisotopic (exact) mass is 452 g/mol. The van der Waals surface area contributed by atoms with E-state index in [1.165, 1.54) is 17.7 Å². The van der Waals surface area contributed by atoms with E-state index in [4.69, 9.17) is 4.74 Å². The number of Topliss-reactive ketones (excluding diaryl/α,β-unsaturated/α-hetero) is 1. The Morgan fingerprint density at radius 2 is 1.91 bits per heavy atom. The first-order valence-electron chi connectivity index (χ1n) is 11.2. The van der Waals surface area contributed by atoms with Crippen LogP contribution in [0.1, 0.15) is 27.2 Å². The van der Waals surface area contributed by atoms with Crippen LogP contribution >= 0.6 is 0 Å². The number of ether oxygens (including phenoxy) is 1. The average Bonchev–Trinajstić information content (AvgIpc) is 3.59. The summed E-state index contributed by atoms with van der Waals surface area (Å²) in [6, 6.07) is 18.1. The number of nitrogens with zero attached hydrogens (tertiary/aromatic N) is 4. The first-order valence-corrected chi connectivity index (χ1v) is 11.2. The van der Waals surface area contributed by atoms with Crippen LogP contribution in [0.2, 0.25) is 0 Å². The fourth-order valence-corrected chi connectivity index (χ4v) is 4.50. The molecular formula is C27H21FN4O2. The molecule has 2 aromatic heterocycles. The summed E-state index contributed by atoms with van der Waals surface area (Å²) in [5.74, 6) is 0.210. The number of rotatable bonds is 6. The molecule has 0 bridgehead atoms. The van der Waals surface area contributed by atoms with E-state index in [1.807, 2.05) is 52.1 Å². The quantitative estimate of drug-likeness (QED) is 0.387. The van der Waals surface area contributed by atoms with E-state index >= 15 is 0 Å². The largest absolute Gasteiger partial charge is 0.472 e. The number of hydrogen-bond acceptors (Lipinski definition) is 5. The van der Waals surface area contributed by atoms with Crippen LogP contribution in [0.25, 0.3) is 5.57 Å². The smallest absolute Gasteiger partial charge is 0.233 e. The van der Waals surface area contributed by atoms with Gasteiger partial charge in [-0.1, -0.05) is 36.4 Å². The molecule has 7 heteroatoms. The van der Waals surface area contributed by atoms with Gasteiger partial charge in [-0.15, -0.1) is 0 Å². The van der Waals surface area contributed by atoms with Gasteiger partial charge in [0.2, 0.25) is 17.6 Å². The maximum absolute atomic E-state index is 13.5. The van der Waals surface area contributed by atoms with Gasteiger partial charge in [-0.3, -0.25) is 4.79 Å². The van der Waals surface area contributed by atoms with E-state index in [2.05, 4.69) is 16.0 Å². The lowest BCUT2D eigenvalue weighted by molar-refractivity contribution is 0.105. The predicted molar refractivity (Wildman–Crippen MR) is 127 cm³/mol. The highest BCUT2D eigenvalue weighted by atomic mass is 19.1. The van der Waals surface area contributed by atoms with E-state index in [0.717, 1.165) is 29.9 Å². The zero-order valence-electron chi connectivity index (χ0n) is 18.3. The third kappa shape index (κ3) is 3.55. The minimum absolute atomic E-state index is 0.156. The van der Waals surface area contributed by atoms with Crippen LogP contribution < -0.4 is 9.64 Å². The molecule has 0 saturated carbocycles. The molecule has 2 aromatic carbocycles. The van der Waals surface area contributed by atoms with Crippen LogP contribution in [0.5, 0.6) is 5.88 Å². The number of carbonyl (C=O) groups is 1. The van der Waals surface area contributed by atoms with Crippen molar-refractivity contribution in [1.82, 2.24) is 14.5 Å². The summed E-state index contributed by atoms with van der Waals surface area (Å²) in [7, 11) is 0. The van der Waals surface area contributed by atoms with E-state index in [0.29, 0.717) is 23.6 Å². The molecule has 0 atom stereocenters. The van der Waals surface area contributed by atoms with Gasteiger partial charge < -0.3 is 14.2 Å². The van der Waals surface area contributed by atoms with Crippen molar-refractivity contribution >= 4 is 23.0 Å². The Labute approximate surface area is 196 Å². The van der Waals surface area contributed by atoms with Crippen molar-refractivity contribution in [3.05, 3.63) is 107 Å². The van der Waals surface area contributed by atoms with Gasteiger partial charge in [-0.25, -0.2) is 9.37 Å². The average molecular weight is 452 g/mol. The lowest BCUT2D eigenvalue weighted by Crippen LogP contribution is -2.18. The molecule has 0 aliphatic carbocycles. The maximum atomic E-state index is 13.5. The van der Waals surface area contributed by atoms with Gasteiger partial charge in [-0.2, -0.15) is 4.98 Å². The Bertz CT molecular complexity index is 1420. The molecule has 0 amide bonds. The van der Waals surface area contributed by atoms with E-state index < -0.39 is 0 Å². The molecule has 0 radical (unpaired) electrons. The molecule has 4 heterocycles. The van der Waals surface area contributed by atoms with Gasteiger partial charge in [0.15, 0.2) is 0 Å². The summed E-state index contributed by atoms with van der Waals surface area (Å²) in [6.45, 7) is 1.56. The summed E-state index contributed by atoms with van der Waals surface area (Å²) < 4.78 is 21.4. The number of fused-ring (bicyclic) bond motifs is 2. The second-order valence-corrected chi connectivity index (χ2v) is 8.33. The van der Waals surface area contributed by atoms with Crippen molar-refractivity contribution in [2.24, 2.45) is 0 Å². The molecule has 2 aliphatic heterocycles. The number of benzene rings is 2. The van der Waals surface area contributed by atoms with E-state index in [9.17, 15) is 9.18 Å². The van der Waals surface area contributed by atoms with Crippen LogP contribution in [0.4, 0.5) is 16.0 Å². The molecule has 168 valence electrons. The molecule has 0 saturated heterocycles. The number of hydrogen-bond donors (Lipinski definition) is 0. The maximum Gasteiger partial charge on any atom is 0.233 e. The first-order chi connectivity index (χ1) is 16.7. The molecule has 6 nitrogen and oxygen atoms in total. The van der Waals surface area contributed by atoms with Crippen LogP contribution in [-0.4, -0.2) is 26.9 Å². The standard InChI is InChI=1S/C27H21FN4O2/c28-20-9-7-18(8-10-20)17-34-26-22(25(33)21-12-14-31-13-3-6-24(21)31)16-29-27(30-26)32-15-11-19-4-1-2-5-23(19)32/h1-10,12-13,16H,11,14-15,17H2. The zero-order valence-corrected chi connectivity index (χ0v) is 18.3. The summed E-state index contributed by atoms with van der Waals surface area (Å²) in [5.41, 5.74) is 4.85. The van der Waals surface area contributed by atoms with Gasteiger partial charge in [0.1, 0.15) is 18.0 Å². The summed E-state index contributed by atoms with van der Waals surface area (Å²) in [5, 5.41) is 0. The second-order valence-electron chi connectivity index (χ2n) is 8.33. The Morgan fingerprint density at radius 1 is 1.06 bits per heavy atom. The highest BCUT2D eigenvalue weighted by molar-refractivity contribution is 6.29. The fraction of sp³-hybridized carbons (Fsp3) is 0.148. The Hall–Kier alpha value is -4.26. The third-order valence-electron chi connectivity index (χ3n) is 6.25.